The fourth-order valence-corrected chi connectivity index (χ4v) is 3.25. The van der Waals surface area contributed by atoms with E-state index in [0.717, 1.165) is 17.7 Å². The van der Waals surface area contributed by atoms with E-state index in [1.165, 1.54) is 22.9 Å². The van der Waals surface area contributed by atoms with Crippen LogP contribution in [0.4, 0.5) is 10.1 Å². The van der Waals surface area contributed by atoms with Crippen molar-refractivity contribution in [2.45, 2.75) is 4.90 Å². The van der Waals surface area contributed by atoms with Crippen LogP contribution in [0.25, 0.3) is 11.3 Å². The number of aryl methyl sites for hydroxylation is 1. The van der Waals surface area contributed by atoms with Gasteiger partial charge in [-0.1, -0.05) is 12.1 Å². The van der Waals surface area contributed by atoms with E-state index in [9.17, 15) is 17.6 Å². The molecule has 128 valence electrons. The summed E-state index contributed by atoms with van der Waals surface area (Å²) in [5.41, 5.74) is 1.47. The molecule has 0 bridgehead atoms. The zero-order valence-corrected chi connectivity index (χ0v) is 14.0. The van der Waals surface area contributed by atoms with Crippen LogP contribution in [-0.4, -0.2) is 18.2 Å². The number of aromatic nitrogens is 2. The fourth-order valence-electron chi connectivity index (χ4n) is 2.19. The minimum absolute atomic E-state index is 0.0299. The molecule has 1 heterocycles. The number of rotatable bonds is 4. The smallest absolute Gasteiger partial charge is 0.266 e. The average Bonchev–Trinajstić information content (AvgIpc) is 2.58. The van der Waals surface area contributed by atoms with Crippen LogP contribution in [0.1, 0.15) is 0 Å². The molecule has 0 saturated heterocycles. The van der Waals surface area contributed by atoms with Gasteiger partial charge in [0.15, 0.2) is 0 Å². The van der Waals surface area contributed by atoms with E-state index in [1.54, 1.807) is 37.4 Å². The third-order valence-electron chi connectivity index (χ3n) is 3.52. The molecule has 1 N–H and O–H groups in total. The van der Waals surface area contributed by atoms with Gasteiger partial charge < -0.3 is 0 Å². The van der Waals surface area contributed by atoms with Gasteiger partial charge in [0, 0.05) is 24.4 Å². The molecule has 0 aliphatic rings. The minimum Gasteiger partial charge on any atom is -0.280 e. The number of benzene rings is 2. The molecule has 0 radical (unpaired) electrons. The summed E-state index contributed by atoms with van der Waals surface area (Å²) in [6, 6.07) is 14.1. The van der Waals surface area contributed by atoms with Gasteiger partial charge in [0.25, 0.3) is 15.6 Å². The summed E-state index contributed by atoms with van der Waals surface area (Å²) in [6.07, 6.45) is 0. The number of nitrogens with one attached hydrogen (secondary N) is 1. The fraction of sp³-hybridized carbons (Fsp3) is 0.0588. The van der Waals surface area contributed by atoms with E-state index in [-0.39, 0.29) is 10.5 Å². The molecule has 0 atom stereocenters. The highest BCUT2D eigenvalue weighted by Gasteiger charge is 2.14. The SMILES string of the molecule is Cn1nc(-c2ccc(NS(=O)(=O)c3ccc(F)cc3)cc2)ccc1=O. The highest BCUT2D eigenvalue weighted by molar-refractivity contribution is 7.92. The van der Waals surface area contributed by atoms with Crippen molar-refractivity contribution < 1.29 is 12.8 Å². The average molecular weight is 359 g/mol. The largest absolute Gasteiger partial charge is 0.280 e. The van der Waals surface area contributed by atoms with Crippen LogP contribution in [0, 0.1) is 5.82 Å². The van der Waals surface area contributed by atoms with Gasteiger partial charge in [-0.15, -0.1) is 0 Å². The lowest BCUT2D eigenvalue weighted by atomic mass is 10.1. The molecule has 1 aromatic heterocycles. The van der Waals surface area contributed by atoms with Crippen molar-refractivity contribution in [3.05, 3.63) is 76.8 Å². The predicted octanol–water partition coefficient (Wildman–Crippen LogP) is 2.39. The molecule has 0 spiro atoms. The molecule has 2 aromatic carbocycles. The van der Waals surface area contributed by atoms with E-state index in [4.69, 9.17) is 0 Å². The van der Waals surface area contributed by atoms with Crippen molar-refractivity contribution >= 4 is 15.7 Å². The number of anilines is 1. The highest BCUT2D eigenvalue weighted by Crippen LogP contribution is 2.21. The molecular formula is C17H14FN3O3S. The molecule has 0 aliphatic carbocycles. The first-order chi connectivity index (χ1) is 11.8. The molecule has 8 heteroatoms. The summed E-state index contributed by atoms with van der Waals surface area (Å²) in [5, 5.41) is 4.13. The molecule has 25 heavy (non-hydrogen) atoms. The van der Waals surface area contributed by atoms with Gasteiger partial charge in [-0.25, -0.2) is 17.5 Å². The monoisotopic (exact) mass is 359 g/mol. The van der Waals surface area contributed by atoms with Gasteiger partial charge in [0.2, 0.25) is 0 Å². The maximum absolute atomic E-state index is 12.9. The molecule has 0 unspecified atom stereocenters. The van der Waals surface area contributed by atoms with Crippen molar-refractivity contribution in [1.29, 1.82) is 0 Å². The first-order valence-corrected chi connectivity index (χ1v) is 8.77. The van der Waals surface area contributed by atoms with Crippen LogP contribution >= 0.6 is 0 Å². The third kappa shape index (κ3) is 3.74. The number of sulfonamides is 1. The number of nitrogens with zero attached hydrogens (tertiary/aromatic N) is 2. The van der Waals surface area contributed by atoms with Crippen LogP contribution < -0.4 is 10.3 Å². The van der Waals surface area contributed by atoms with Gasteiger partial charge in [-0.2, -0.15) is 5.10 Å². The van der Waals surface area contributed by atoms with E-state index >= 15 is 0 Å². The van der Waals surface area contributed by atoms with Crippen LogP contribution in [-0.2, 0) is 17.1 Å². The van der Waals surface area contributed by atoms with Crippen LogP contribution in [0.15, 0.2) is 70.4 Å². The second-order valence-corrected chi connectivity index (χ2v) is 7.00. The quantitative estimate of drug-likeness (QED) is 0.776. The Labute approximate surface area is 143 Å². The summed E-state index contributed by atoms with van der Waals surface area (Å²) in [4.78, 5) is 11.3. The van der Waals surface area contributed by atoms with Gasteiger partial charge in [-0.05, 0) is 42.5 Å². The van der Waals surface area contributed by atoms with E-state index in [0.29, 0.717) is 11.4 Å². The molecule has 0 fully saturated rings. The van der Waals surface area contributed by atoms with Gasteiger partial charge in [-0.3, -0.25) is 9.52 Å². The van der Waals surface area contributed by atoms with Crippen molar-refractivity contribution in [3.8, 4) is 11.3 Å². The van der Waals surface area contributed by atoms with Gasteiger partial charge >= 0.3 is 0 Å². The molecule has 6 nitrogen and oxygen atoms in total. The van der Waals surface area contributed by atoms with Crippen molar-refractivity contribution in [2.75, 3.05) is 4.72 Å². The first-order valence-electron chi connectivity index (χ1n) is 7.28. The number of halogens is 1. The molecule has 3 aromatic rings. The van der Waals surface area contributed by atoms with Crippen molar-refractivity contribution in [3.63, 3.8) is 0 Å². The van der Waals surface area contributed by atoms with Crippen LogP contribution in [0.2, 0.25) is 0 Å². The molecule has 0 aliphatic heterocycles. The summed E-state index contributed by atoms with van der Waals surface area (Å²) >= 11 is 0. The summed E-state index contributed by atoms with van der Waals surface area (Å²) < 4.78 is 41.1. The van der Waals surface area contributed by atoms with E-state index < -0.39 is 15.8 Å². The summed E-state index contributed by atoms with van der Waals surface area (Å²) in [7, 11) is -2.25. The topological polar surface area (TPSA) is 81.1 Å². The van der Waals surface area contributed by atoms with Crippen LogP contribution in [0.5, 0.6) is 0 Å². The predicted molar refractivity (Wildman–Crippen MR) is 92.1 cm³/mol. The van der Waals surface area contributed by atoms with Gasteiger partial charge in [0.1, 0.15) is 5.82 Å². The first kappa shape index (κ1) is 16.8. The Morgan fingerprint density at radius 3 is 2.20 bits per heavy atom. The second-order valence-electron chi connectivity index (χ2n) is 5.32. The molecular weight excluding hydrogens is 345 g/mol. The van der Waals surface area contributed by atoms with E-state index in [1.807, 2.05) is 0 Å². The zero-order chi connectivity index (χ0) is 18.0. The van der Waals surface area contributed by atoms with Gasteiger partial charge in [0.05, 0.1) is 10.6 Å². The lowest BCUT2D eigenvalue weighted by Crippen LogP contribution is -2.18. The molecule has 3 rings (SSSR count). The Morgan fingerprint density at radius 2 is 1.60 bits per heavy atom. The molecule has 0 saturated carbocycles. The second kappa shape index (κ2) is 6.48. The van der Waals surface area contributed by atoms with Crippen LogP contribution in [0.3, 0.4) is 0 Å². The maximum Gasteiger partial charge on any atom is 0.266 e. The summed E-state index contributed by atoms with van der Waals surface area (Å²) in [6.45, 7) is 0. The Morgan fingerprint density at radius 1 is 0.960 bits per heavy atom. The Kier molecular flexibility index (Phi) is 4.37. The lowest BCUT2D eigenvalue weighted by molar-refractivity contribution is 0.599. The lowest BCUT2D eigenvalue weighted by Gasteiger charge is -2.09. The standard InChI is InChI=1S/C17H14FN3O3S/c1-21-17(22)11-10-16(19-21)12-2-6-14(7-3-12)20-25(23,24)15-8-4-13(18)5-9-15/h2-11,20H,1H3. The molecule has 0 amide bonds. The minimum atomic E-state index is -3.80. The summed E-state index contributed by atoms with van der Waals surface area (Å²) in [5.74, 6) is -0.506. The Bertz CT molecular complexity index is 1060. The van der Waals surface area contributed by atoms with Crippen molar-refractivity contribution in [1.82, 2.24) is 9.78 Å². The maximum atomic E-state index is 12.9. The highest BCUT2D eigenvalue weighted by atomic mass is 32.2. The number of hydrogen-bond donors (Lipinski definition) is 1. The zero-order valence-electron chi connectivity index (χ0n) is 13.2. The number of hydrogen-bond acceptors (Lipinski definition) is 4. The van der Waals surface area contributed by atoms with Crippen molar-refractivity contribution in [2.24, 2.45) is 7.05 Å². The third-order valence-corrected chi connectivity index (χ3v) is 4.91. The Balaban J connectivity index is 1.84. The normalized spacial score (nSPS) is 11.3. The Hall–Kier alpha value is -3.00. The van der Waals surface area contributed by atoms with E-state index in [2.05, 4.69) is 9.82 Å².